The molecule has 1 saturated heterocycles. The Morgan fingerprint density at radius 3 is 2.37 bits per heavy atom. The van der Waals surface area contributed by atoms with Gasteiger partial charge in [-0.25, -0.2) is 8.78 Å². The molecular formula is C21H17F2N5O2. The smallest absolute Gasteiger partial charge is 0.276 e. The van der Waals surface area contributed by atoms with Crippen molar-refractivity contribution in [3.8, 4) is 0 Å². The number of para-hydroxylation sites is 2. The quantitative estimate of drug-likeness (QED) is 0.676. The minimum absolute atomic E-state index is 0.109. The molecule has 3 aromatic rings. The zero-order chi connectivity index (χ0) is 21.1. The molecule has 0 bridgehead atoms. The van der Waals surface area contributed by atoms with Gasteiger partial charge in [-0.15, -0.1) is 10.2 Å². The molecule has 0 saturated carbocycles. The number of halogens is 2. The average Bonchev–Trinajstić information content (AvgIpc) is 3.09. The summed E-state index contributed by atoms with van der Waals surface area (Å²) in [5, 5.41) is 13.4. The van der Waals surface area contributed by atoms with Crippen LogP contribution in [0.2, 0.25) is 0 Å². The first-order chi connectivity index (χ1) is 14.5. The van der Waals surface area contributed by atoms with Gasteiger partial charge in [-0.3, -0.25) is 9.59 Å². The van der Waals surface area contributed by atoms with Gasteiger partial charge in [-0.05, 0) is 42.8 Å². The SMILES string of the molecule is O=C(Nc1ccccc1)c1ccc(NC2CCN(c3c(F)cccc3F)C2=O)nn1. The van der Waals surface area contributed by atoms with Crippen molar-refractivity contribution in [1.82, 2.24) is 10.2 Å². The topological polar surface area (TPSA) is 87.2 Å². The molecule has 0 aliphatic carbocycles. The zero-order valence-electron chi connectivity index (χ0n) is 15.7. The molecule has 2 aromatic carbocycles. The number of hydrogen-bond acceptors (Lipinski definition) is 5. The molecule has 2 heterocycles. The molecule has 4 rings (SSSR count). The lowest BCUT2D eigenvalue weighted by Gasteiger charge is -2.18. The van der Waals surface area contributed by atoms with Gasteiger partial charge in [-0.2, -0.15) is 0 Å². The molecule has 2 N–H and O–H groups in total. The third-order valence-electron chi connectivity index (χ3n) is 4.66. The molecule has 1 fully saturated rings. The van der Waals surface area contributed by atoms with Crippen molar-refractivity contribution in [2.75, 3.05) is 22.1 Å². The molecular weight excluding hydrogens is 392 g/mol. The van der Waals surface area contributed by atoms with Crippen LogP contribution < -0.4 is 15.5 Å². The zero-order valence-corrected chi connectivity index (χ0v) is 15.7. The highest BCUT2D eigenvalue weighted by molar-refractivity contribution is 6.03. The van der Waals surface area contributed by atoms with Gasteiger partial charge in [0.15, 0.2) is 5.69 Å². The highest BCUT2D eigenvalue weighted by Crippen LogP contribution is 2.28. The fourth-order valence-electron chi connectivity index (χ4n) is 3.21. The van der Waals surface area contributed by atoms with Crippen molar-refractivity contribution in [1.29, 1.82) is 0 Å². The van der Waals surface area contributed by atoms with Gasteiger partial charge in [0.25, 0.3) is 5.91 Å². The summed E-state index contributed by atoms with van der Waals surface area (Å²) >= 11 is 0. The van der Waals surface area contributed by atoms with Crippen LogP contribution in [0.4, 0.5) is 26.0 Å². The second kappa shape index (κ2) is 8.24. The lowest BCUT2D eigenvalue weighted by atomic mass is 10.2. The summed E-state index contributed by atoms with van der Waals surface area (Å²) in [5.74, 6) is -2.19. The number of anilines is 3. The van der Waals surface area contributed by atoms with E-state index in [1.165, 1.54) is 18.2 Å². The summed E-state index contributed by atoms with van der Waals surface area (Å²) < 4.78 is 28.0. The van der Waals surface area contributed by atoms with E-state index in [0.29, 0.717) is 12.1 Å². The van der Waals surface area contributed by atoms with Crippen LogP contribution in [0.1, 0.15) is 16.9 Å². The predicted molar refractivity (Wildman–Crippen MR) is 107 cm³/mol. The summed E-state index contributed by atoms with van der Waals surface area (Å²) in [6.45, 7) is 0.166. The maximum Gasteiger partial charge on any atom is 0.276 e. The first kappa shape index (κ1) is 19.4. The largest absolute Gasteiger partial charge is 0.357 e. The van der Waals surface area contributed by atoms with Crippen LogP contribution in [0, 0.1) is 11.6 Å². The lowest BCUT2D eigenvalue weighted by Crippen LogP contribution is -2.34. The van der Waals surface area contributed by atoms with E-state index in [1.54, 1.807) is 24.3 Å². The maximum atomic E-state index is 14.0. The normalized spacial score (nSPS) is 15.9. The molecule has 30 heavy (non-hydrogen) atoms. The van der Waals surface area contributed by atoms with Crippen molar-refractivity contribution in [3.05, 3.63) is 78.0 Å². The van der Waals surface area contributed by atoms with Crippen LogP contribution in [-0.2, 0) is 4.79 Å². The third-order valence-corrected chi connectivity index (χ3v) is 4.66. The standard InChI is InChI=1S/C21H17F2N5O2/c22-14-7-4-8-15(23)19(14)28-12-11-17(21(28)30)25-18-10-9-16(26-27-18)20(29)24-13-5-2-1-3-6-13/h1-10,17H,11-12H2,(H,24,29)(H,25,27). The van der Waals surface area contributed by atoms with Crippen molar-refractivity contribution in [2.24, 2.45) is 0 Å². The van der Waals surface area contributed by atoms with Crippen LogP contribution in [0.15, 0.2) is 60.7 Å². The Balaban J connectivity index is 1.41. The van der Waals surface area contributed by atoms with E-state index in [-0.39, 0.29) is 23.7 Å². The molecule has 2 amide bonds. The number of carbonyl (C=O) groups is 2. The highest BCUT2D eigenvalue weighted by atomic mass is 19.1. The van der Waals surface area contributed by atoms with Gasteiger partial charge < -0.3 is 15.5 Å². The lowest BCUT2D eigenvalue weighted by molar-refractivity contribution is -0.117. The van der Waals surface area contributed by atoms with Crippen LogP contribution in [0.5, 0.6) is 0 Å². The van der Waals surface area contributed by atoms with Crippen LogP contribution >= 0.6 is 0 Å². The van der Waals surface area contributed by atoms with Gasteiger partial charge in [0.05, 0.1) is 0 Å². The summed E-state index contributed by atoms with van der Waals surface area (Å²) in [7, 11) is 0. The second-order valence-corrected chi connectivity index (χ2v) is 6.67. The van der Waals surface area contributed by atoms with E-state index in [1.807, 2.05) is 6.07 Å². The van der Waals surface area contributed by atoms with E-state index in [0.717, 1.165) is 17.0 Å². The molecule has 1 unspecified atom stereocenters. The van der Waals surface area contributed by atoms with E-state index >= 15 is 0 Å². The Morgan fingerprint density at radius 2 is 1.70 bits per heavy atom. The van der Waals surface area contributed by atoms with E-state index in [2.05, 4.69) is 20.8 Å². The Hall–Kier alpha value is -3.88. The van der Waals surface area contributed by atoms with Crippen molar-refractivity contribution < 1.29 is 18.4 Å². The van der Waals surface area contributed by atoms with Gasteiger partial charge in [0, 0.05) is 12.2 Å². The molecule has 1 atom stereocenters. The van der Waals surface area contributed by atoms with Gasteiger partial charge in [-0.1, -0.05) is 24.3 Å². The number of nitrogens with zero attached hydrogens (tertiary/aromatic N) is 3. The molecule has 152 valence electrons. The molecule has 7 nitrogen and oxygen atoms in total. The Morgan fingerprint density at radius 1 is 0.967 bits per heavy atom. The van der Waals surface area contributed by atoms with Crippen LogP contribution in [-0.4, -0.2) is 34.6 Å². The fraction of sp³-hybridized carbons (Fsp3) is 0.143. The van der Waals surface area contributed by atoms with Gasteiger partial charge in [0.1, 0.15) is 29.2 Å². The summed E-state index contributed by atoms with van der Waals surface area (Å²) in [6, 6.07) is 14.7. The maximum absolute atomic E-state index is 14.0. The summed E-state index contributed by atoms with van der Waals surface area (Å²) in [6.07, 6.45) is 0.338. The number of hydrogen-bond donors (Lipinski definition) is 2. The van der Waals surface area contributed by atoms with Gasteiger partial charge in [0.2, 0.25) is 5.91 Å². The highest BCUT2D eigenvalue weighted by Gasteiger charge is 2.35. The first-order valence-corrected chi connectivity index (χ1v) is 9.25. The van der Waals surface area contributed by atoms with E-state index < -0.39 is 29.5 Å². The summed E-state index contributed by atoms with van der Waals surface area (Å²) in [4.78, 5) is 25.9. The molecule has 0 radical (unpaired) electrons. The number of amides is 2. The van der Waals surface area contributed by atoms with E-state index in [4.69, 9.17) is 0 Å². The second-order valence-electron chi connectivity index (χ2n) is 6.67. The number of nitrogens with one attached hydrogen (secondary N) is 2. The number of rotatable bonds is 5. The first-order valence-electron chi connectivity index (χ1n) is 9.25. The monoisotopic (exact) mass is 409 g/mol. The molecule has 1 aliphatic rings. The molecule has 9 heteroatoms. The Labute approximate surface area is 170 Å². The van der Waals surface area contributed by atoms with Crippen molar-refractivity contribution in [2.45, 2.75) is 12.5 Å². The van der Waals surface area contributed by atoms with Crippen LogP contribution in [0.25, 0.3) is 0 Å². The number of benzene rings is 2. The Bertz CT molecular complexity index is 1060. The molecule has 1 aromatic heterocycles. The summed E-state index contributed by atoms with van der Waals surface area (Å²) in [5.41, 5.74) is 0.381. The van der Waals surface area contributed by atoms with E-state index in [9.17, 15) is 18.4 Å². The average molecular weight is 409 g/mol. The van der Waals surface area contributed by atoms with Crippen molar-refractivity contribution >= 4 is 29.0 Å². The van der Waals surface area contributed by atoms with Crippen LogP contribution in [0.3, 0.4) is 0 Å². The van der Waals surface area contributed by atoms with Gasteiger partial charge >= 0.3 is 0 Å². The molecule has 1 aliphatic heterocycles. The minimum atomic E-state index is -0.794. The Kier molecular flexibility index (Phi) is 5.34. The predicted octanol–water partition coefficient (Wildman–Crippen LogP) is 3.22. The fourth-order valence-corrected chi connectivity index (χ4v) is 3.21. The third kappa shape index (κ3) is 3.95. The number of carbonyl (C=O) groups excluding carboxylic acids is 2. The number of aromatic nitrogens is 2. The minimum Gasteiger partial charge on any atom is -0.357 e. The van der Waals surface area contributed by atoms with Crippen molar-refractivity contribution in [3.63, 3.8) is 0 Å². The molecule has 0 spiro atoms.